The standard InChI is InChI=1S/C9H8BrN5O/c10-7-1-2-8(15-14-7)12-3-5-6(11)4-13-9(5)16/h1-3,11H,4H2,(H,12,15)(H,13,16)/b5-3+,11-6?. The van der Waals surface area contributed by atoms with Crippen molar-refractivity contribution in [1.82, 2.24) is 15.5 Å². The lowest BCUT2D eigenvalue weighted by Gasteiger charge is -1.99. The van der Waals surface area contributed by atoms with E-state index in [1.807, 2.05) is 0 Å². The number of carbonyl (C=O) groups is 1. The van der Waals surface area contributed by atoms with Crippen molar-refractivity contribution in [2.24, 2.45) is 0 Å². The zero-order chi connectivity index (χ0) is 11.5. The van der Waals surface area contributed by atoms with Gasteiger partial charge in [0.1, 0.15) is 4.60 Å². The number of anilines is 1. The summed E-state index contributed by atoms with van der Waals surface area (Å²) in [5.41, 5.74) is 0.590. The molecule has 1 fully saturated rings. The van der Waals surface area contributed by atoms with Crippen molar-refractivity contribution in [2.45, 2.75) is 0 Å². The van der Waals surface area contributed by atoms with Crippen molar-refractivity contribution in [3.05, 3.63) is 28.5 Å². The molecule has 6 nitrogen and oxygen atoms in total. The fourth-order valence-electron chi connectivity index (χ4n) is 1.19. The number of aromatic nitrogens is 2. The van der Waals surface area contributed by atoms with Crippen LogP contribution in [0.3, 0.4) is 0 Å². The van der Waals surface area contributed by atoms with Crippen molar-refractivity contribution in [3.63, 3.8) is 0 Å². The third-order valence-electron chi connectivity index (χ3n) is 1.99. The maximum Gasteiger partial charge on any atom is 0.254 e. The molecule has 3 N–H and O–H groups in total. The van der Waals surface area contributed by atoms with Gasteiger partial charge in [0, 0.05) is 6.20 Å². The molecule has 82 valence electrons. The second kappa shape index (κ2) is 4.40. The van der Waals surface area contributed by atoms with E-state index in [1.165, 1.54) is 6.20 Å². The summed E-state index contributed by atoms with van der Waals surface area (Å²) in [5, 5.41) is 20.5. The molecule has 0 atom stereocenters. The zero-order valence-corrected chi connectivity index (χ0v) is 9.71. The molecule has 16 heavy (non-hydrogen) atoms. The highest BCUT2D eigenvalue weighted by atomic mass is 79.9. The van der Waals surface area contributed by atoms with Gasteiger partial charge < -0.3 is 16.0 Å². The van der Waals surface area contributed by atoms with Crippen LogP contribution in [0, 0.1) is 5.41 Å². The Morgan fingerprint density at radius 2 is 2.31 bits per heavy atom. The Balaban J connectivity index is 2.11. The van der Waals surface area contributed by atoms with E-state index in [0.717, 1.165) is 0 Å². The lowest BCUT2D eigenvalue weighted by Crippen LogP contribution is -2.14. The Bertz CT molecular complexity index is 449. The topological polar surface area (TPSA) is 90.8 Å². The van der Waals surface area contributed by atoms with Gasteiger partial charge in [-0.1, -0.05) is 0 Å². The molecule has 0 saturated carbocycles. The number of amides is 1. The number of hydrogen-bond acceptors (Lipinski definition) is 5. The third kappa shape index (κ3) is 2.25. The maximum atomic E-state index is 11.3. The second-order valence-corrected chi connectivity index (χ2v) is 3.92. The molecule has 0 radical (unpaired) electrons. The molecular formula is C9H8BrN5O. The lowest BCUT2D eigenvalue weighted by atomic mass is 10.2. The van der Waals surface area contributed by atoms with Crippen LogP contribution in [-0.4, -0.2) is 28.4 Å². The SMILES string of the molecule is N=C1CNC(=O)/C1=C/Nc1ccc(Br)nn1. The fraction of sp³-hybridized carbons (Fsp3) is 0.111. The summed E-state index contributed by atoms with van der Waals surface area (Å²) in [4.78, 5) is 11.3. The number of nitrogens with one attached hydrogen (secondary N) is 3. The van der Waals surface area contributed by atoms with E-state index in [4.69, 9.17) is 5.41 Å². The minimum absolute atomic E-state index is 0.248. The van der Waals surface area contributed by atoms with Gasteiger partial charge >= 0.3 is 0 Å². The fourth-order valence-corrected chi connectivity index (χ4v) is 1.40. The Morgan fingerprint density at radius 1 is 1.50 bits per heavy atom. The highest BCUT2D eigenvalue weighted by Crippen LogP contribution is 2.09. The van der Waals surface area contributed by atoms with Gasteiger partial charge in [-0.15, -0.1) is 10.2 Å². The van der Waals surface area contributed by atoms with Gasteiger partial charge in [-0.25, -0.2) is 0 Å². The summed E-state index contributed by atoms with van der Waals surface area (Å²) < 4.78 is 0.636. The van der Waals surface area contributed by atoms with Crippen LogP contribution in [0.1, 0.15) is 0 Å². The van der Waals surface area contributed by atoms with Crippen LogP contribution in [0.25, 0.3) is 0 Å². The Labute approximate surface area is 99.8 Å². The van der Waals surface area contributed by atoms with E-state index in [1.54, 1.807) is 12.1 Å². The zero-order valence-electron chi connectivity index (χ0n) is 8.12. The maximum absolute atomic E-state index is 11.3. The molecule has 0 unspecified atom stereocenters. The lowest BCUT2D eigenvalue weighted by molar-refractivity contribution is -0.116. The van der Waals surface area contributed by atoms with E-state index in [-0.39, 0.29) is 18.2 Å². The number of nitrogens with zero attached hydrogens (tertiary/aromatic N) is 2. The van der Waals surface area contributed by atoms with Crippen LogP contribution in [-0.2, 0) is 4.79 Å². The van der Waals surface area contributed by atoms with Gasteiger partial charge in [-0.05, 0) is 28.1 Å². The Hall–Kier alpha value is -1.76. The molecule has 2 heterocycles. The molecule has 1 amide bonds. The molecular weight excluding hydrogens is 274 g/mol. The highest BCUT2D eigenvalue weighted by Gasteiger charge is 2.21. The van der Waals surface area contributed by atoms with Crippen molar-refractivity contribution in [3.8, 4) is 0 Å². The van der Waals surface area contributed by atoms with Crippen LogP contribution < -0.4 is 10.6 Å². The van der Waals surface area contributed by atoms with Crippen LogP contribution >= 0.6 is 15.9 Å². The number of rotatable bonds is 2. The van der Waals surface area contributed by atoms with Gasteiger partial charge in [0.15, 0.2) is 5.82 Å². The van der Waals surface area contributed by atoms with E-state index < -0.39 is 0 Å². The molecule has 2 rings (SSSR count). The molecule has 1 aliphatic heterocycles. The van der Waals surface area contributed by atoms with Crippen molar-refractivity contribution >= 4 is 33.4 Å². The monoisotopic (exact) mass is 281 g/mol. The molecule has 0 spiro atoms. The Morgan fingerprint density at radius 3 is 2.88 bits per heavy atom. The summed E-state index contributed by atoms with van der Waals surface area (Å²) in [6.45, 7) is 0.276. The summed E-state index contributed by atoms with van der Waals surface area (Å²) in [7, 11) is 0. The third-order valence-corrected chi connectivity index (χ3v) is 2.41. The molecule has 0 bridgehead atoms. The van der Waals surface area contributed by atoms with Gasteiger partial charge in [0.25, 0.3) is 5.91 Å². The van der Waals surface area contributed by atoms with E-state index in [2.05, 4.69) is 36.8 Å². The average Bonchev–Trinajstić information content (AvgIpc) is 2.59. The Kier molecular flexibility index (Phi) is 2.95. The minimum Gasteiger partial charge on any atom is -0.346 e. The molecule has 1 aromatic rings. The average molecular weight is 282 g/mol. The summed E-state index contributed by atoms with van der Waals surface area (Å²) in [5.74, 6) is 0.269. The van der Waals surface area contributed by atoms with Crippen molar-refractivity contribution in [2.75, 3.05) is 11.9 Å². The molecule has 1 aliphatic rings. The number of carbonyl (C=O) groups excluding carboxylic acids is 1. The summed E-state index contributed by atoms with van der Waals surface area (Å²) in [6, 6.07) is 3.44. The first-order valence-corrected chi connectivity index (χ1v) is 5.28. The number of halogens is 1. The van der Waals surface area contributed by atoms with E-state index >= 15 is 0 Å². The van der Waals surface area contributed by atoms with Gasteiger partial charge in [0.2, 0.25) is 0 Å². The molecule has 0 aliphatic carbocycles. The molecule has 1 aromatic heterocycles. The number of hydrogen-bond donors (Lipinski definition) is 3. The predicted octanol–water partition coefficient (Wildman–Crippen LogP) is 0.684. The van der Waals surface area contributed by atoms with Gasteiger partial charge in [0.05, 0.1) is 17.8 Å². The predicted molar refractivity (Wildman–Crippen MR) is 62.2 cm³/mol. The summed E-state index contributed by atoms with van der Waals surface area (Å²) in [6.07, 6.45) is 1.46. The van der Waals surface area contributed by atoms with Crippen LogP contribution in [0.4, 0.5) is 5.82 Å². The van der Waals surface area contributed by atoms with Crippen molar-refractivity contribution < 1.29 is 4.79 Å². The van der Waals surface area contributed by atoms with Gasteiger partial charge in [-0.2, -0.15) is 0 Å². The minimum atomic E-state index is -0.248. The normalized spacial score (nSPS) is 17.7. The summed E-state index contributed by atoms with van der Waals surface area (Å²) >= 11 is 3.17. The van der Waals surface area contributed by atoms with Crippen molar-refractivity contribution in [1.29, 1.82) is 5.41 Å². The van der Waals surface area contributed by atoms with Crippen LogP contribution in [0.2, 0.25) is 0 Å². The van der Waals surface area contributed by atoms with E-state index in [0.29, 0.717) is 16.0 Å². The first-order chi connectivity index (χ1) is 7.66. The smallest absolute Gasteiger partial charge is 0.254 e. The second-order valence-electron chi connectivity index (χ2n) is 3.10. The van der Waals surface area contributed by atoms with Gasteiger partial charge in [-0.3, -0.25) is 4.79 Å². The first-order valence-electron chi connectivity index (χ1n) is 4.49. The quantitative estimate of drug-likeness (QED) is 0.696. The molecule has 1 saturated heterocycles. The molecule has 0 aromatic carbocycles. The van der Waals surface area contributed by atoms with Crippen LogP contribution in [0.15, 0.2) is 28.5 Å². The first kappa shape index (κ1) is 10.7. The highest BCUT2D eigenvalue weighted by molar-refractivity contribution is 9.10. The molecule has 7 heteroatoms. The van der Waals surface area contributed by atoms with Crippen LogP contribution in [0.5, 0.6) is 0 Å². The van der Waals surface area contributed by atoms with E-state index in [9.17, 15) is 4.79 Å². The largest absolute Gasteiger partial charge is 0.346 e.